The highest BCUT2D eigenvalue weighted by Crippen LogP contribution is 2.31. The normalized spacial score (nSPS) is 10.9. The molecular formula is C22H29N3O3. The monoisotopic (exact) mass is 383 g/mol. The standard InChI is InChI=1S/C22H29N3O3/c1-22(2,3)17-10-11-19(28-6)18(13-17)24-21(27)23-14-15-8-7-9-16(12-15)20(26)25(4)5/h7-13H,14H2,1-6H3,(H2,23,24,27). The lowest BCUT2D eigenvalue weighted by Gasteiger charge is -2.21. The molecule has 0 heterocycles. The first-order chi connectivity index (χ1) is 13.1. The molecule has 2 aromatic rings. The van der Waals surface area contributed by atoms with Crippen molar-refractivity contribution in [1.82, 2.24) is 10.2 Å². The number of anilines is 1. The Bertz CT molecular complexity index is 854. The molecule has 2 N–H and O–H groups in total. The van der Waals surface area contributed by atoms with Crippen molar-refractivity contribution in [2.24, 2.45) is 0 Å². The second kappa shape index (κ2) is 8.78. The average molecular weight is 383 g/mol. The van der Waals surface area contributed by atoms with Crippen LogP contribution in [0.1, 0.15) is 42.3 Å². The fraction of sp³-hybridized carbons (Fsp3) is 0.364. The lowest BCUT2D eigenvalue weighted by atomic mass is 9.87. The van der Waals surface area contributed by atoms with Crippen LogP contribution in [0.15, 0.2) is 42.5 Å². The largest absolute Gasteiger partial charge is 0.495 e. The summed E-state index contributed by atoms with van der Waals surface area (Å²) in [5, 5.41) is 5.67. The zero-order valence-electron chi connectivity index (χ0n) is 17.4. The van der Waals surface area contributed by atoms with Gasteiger partial charge in [-0.25, -0.2) is 4.79 Å². The summed E-state index contributed by atoms with van der Waals surface area (Å²) in [4.78, 5) is 26.0. The van der Waals surface area contributed by atoms with Crippen molar-refractivity contribution in [1.29, 1.82) is 0 Å². The van der Waals surface area contributed by atoms with Crippen molar-refractivity contribution in [3.05, 3.63) is 59.2 Å². The van der Waals surface area contributed by atoms with Crippen molar-refractivity contribution < 1.29 is 14.3 Å². The molecular weight excluding hydrogens is 354 g/mol. The molecule has 0 aromatic heterocycles. The number of carbonyl (C=O) groups is 2. The van der Waals surface area contributed by atoms with Gasteiger partial charge in [-0.2, -0.15) is 0 Å². The molecule has 2 rings (SSSR count). The van der Waals surface area contributed by atoms with E-state index in [0.29, 0.717) is 23.5 Å². The molecule has 0 aliphatic carbocycles. The molecule has 2 aromatic carbocycles. The first-order valence-corrected chi connectivity index (χ1v) is 9.16. The molecule has 0 unspecified atom stereocenters. The van der Waals surface area contributed by atoms with Crippen LogP contribution in [-0.2, 0) is 12.0 Å². The van der Waals surface area contributed by atoms with E-state index in [1.54, 1.807) is 33.3 Å². The number of benzene rings is 2. The average Bonchev–Trinajstić information content (AvgIpc) is 2.65. The van der Waals surface area contributed by atoms with Crippen molar-refractivity contribution in [3.8, 4) is 5.75 Å². The molecule has 0 fully saturated rings. The molecule has 6 heteroatoms. The highest BCUT2D eigenvalue weighted by atomic mass is 16.5. The number of methoxy groups -OCH3 is 1. The van der Waals surface area contributed by atoms with Gasteiger partial charge in [0, 0.05) is 26.2 Å². The molecule has 3 amide bonds. The molecule has 0 saturated carbocycles. The quantitative estimate of drug-likeness (QED) is 0.819. The Morgan fingerprint density at radius 2 is 1.79 bits per heavy atom. The van der Waals surface area contributed by atoms with Gasteiger partial charge in [0.15, 0.2) is 0 Å². The molecule has 0 spiro atoms. The zero-order chi connectivity index (χ0) is 20.9. The molecule has 0 atom stereocenters. The third-order valence-corrected chi connectivity index (χ3v) is 4.35. The minimum atomic E-state index is -0.339. The first-order valence-electron chi connectivity index (χ1n) is 9.16. The summed E-state index contributed by atoms with van der Waals surface area (Å²) >= 11 is 0. The summed E-state index contributed by atoms with van der Waals surface area (Å²) in [5.74, 6) is 0.525. The van der Waals surface area contributed by atoms with Gasteiger partial charge >= 0.3 is 6.03 Å². The third-order valence-electron chi connectivity index (χ3n) is 4.35. The fourth-order valence-corrected chi connectivity index (χ4v) is 2.69. The molecule has 0 radical (unpaired) electrons. The maximum atomic E-state index is 12.4. The summed E-state index contributed by atoms with van der Waals surface area (Å²) < 4.78 is 5.36. The predicted molar refractivity (Wildman–Crippen MR) is 112 cm³/mol. The summed E-state index contributed by atoms with van der Waals surface area (Å²) in [6.07, 6.45) is 0. The van der Waals surface area contributed by atoms with E-state index in [4.69, 9.17) is 4.74 Å². The van der Waals surface area contributed by atoms with E-state index in [1.807, 2.05) is 30.3 Å². The minimum Gasteiger partial charge on any atom is -0.495 e. The fourth-order valence-electron chi connectivity index (χ4n) is 2.69. The van der Waals surface area contributed by atoms with Crippen LogP contribution in [0.3, 0.4) is 0 Å². The summed E-state index contributed by atoms with van der Waals surface area (Å²) in [7, 11) is 4.99. The highest BCUT2D eigenvalue weighted by molar-refractivity contribution is 5.94. The number of urea groups is 1. The Kier molecular flexibility index (Phi) is 6.67. The number of hydrogen-bond acceptors (Lipinski definition) is 3. The lowest BCUT2D eigenvalue weighted by molar-refractivity contribution is 0.0827. The lowest BCUT2D eigenvalue weighted by Crippen LogP contribution is -2.29. The van der Waals surface area contributed by atoms with E-state index in [9.17, 15) is 9.59 Å². The number of nitrogens with zero attached hydrogens (tertiary/aromatic N) is 1. The van der Waals surface area contributed by atoms with E-state index >= 15 is 0 Å². The van der Waals surface area contributed by atoms with Crippen LogP contribution < -0.4 is 15.4 Å². The second-order valence-corrected chi connectivity index (χ2v) is 7.87. The summed E-state index contributed by atoms with van der Waals surface area (Å²) in [5.41, 5.74) is 3.10. The molecule has 28 heavy (non-hydrogen) atoms. The molecule has 0 aliphatic heterocycles. The smallest absolute Gasteiger partial charge is 0.319 e. The highest BCUT2D eigenvalue weighted by Gasteiger charge is 2.17. The molecule has 150 valence electrons. The number of carbonyl (C=O) groups excluding carboxylic acids is 2. The van der Waals surface area contributed by atoms with Crippen LogP contribution >= 0.6 is 0 Å². The van der Waals surface area contributed by atoms with Gasteiger partial charge in [-0.05, 0) is 40.8 Å². The predicted octanol–water partition coefficient (Wildman–Crippen LogP) is 4.02. The van der Waals surface area contributed by atoms with E-state index in [-0.39, 0.29) is 17.4 Å². The van der Waals surface area contributed by atoms with Crippen LogP contribution in [0.2, 0.25) is 0 Å². The number of ether oxygens (including phenoxy) is 1. The van der Waals surface area contributed by atoms with Crippen LogP contribution in [0.25, 0.3) is 0 Å². The van der Waals surface area contributed by atoms with Crippen LogP contribution in [0, 0.1) is 0 Å². The Labute approximate surface area is 166 Å². The minimum absolute atomic E-state index is 0.0431. The number of amides is 3. The Balaban J connectivity index is 2.07. The van der Waals surface area contributed by atoms with Gasteiger partial charge in [-0.15, -0.1) is 0 Å². The topological polar surface area (TPSA) is 70.7 Å². The second-order valence-electron chi connectivity index (χ2n) is 7.87. The van der Waals surface area contributed by atoms with Gasteiger partial charge in [0.2, 0.25) is 0 Å². The number of hydrogen-bond donors (Lipinski definition) is 2. The van der Waals surface area contributed by atoms with Crippen molar-refractivity contribution in [2.75, 3.05) is 26.5 Å². The Morgan fingerprint density at radius 1 is 1.07 bits per heavy atom. The van der Waals surface area contributed by atoms with E-state index in [2.05, 4.69) is 31.4 Å². The van der Waals surface area contributed by atoms with Crippen molar-refractivity contribution >= 4 is 17.6 Å². The van der Waals surface area contributed by atoms with Gasteiger partial charge in [0.05, 0.1) is 12.8 Å². The maximum Gasteiger partial charge on any atom is 0.319 e. The number of rotatable bonds is 5. The SMILES string of the molecule is COc1ccc(C(C)(C)C)cc1NC(=O)NCc1cccc(C(=O)N(C)C)c1. The van der Waals surface area contributed by atoms with Gasteiger partial charge in [0.1, 0.15) is 5.75 Å². The molecule has 0 bridgehead atoms. The maximum absolute atomic E-state index is 12.4. The van der Waals surface area contributed by atoms with Gasteiger partial charge in [-0.1, -0.05) is 39.0 Å². The van der Waals surface area contributed by atoms with Crippen molar-refractivity contribution in [3.63, 3.8) is 0 Å². The van der Waals surface area contributed by atoms with E-state index in [0.717, 1.165) is 11.1 Å². The molecule has 0 aliphatic rings. The van der Waals surface area contributed by atoms with E-state index < -0.39 is 0 Å². The Hall–Kier alpha value is -3.02. The Morgan fingerprint density at radius 3 is 2.39 bits per heavy atom. The molecule has 6 nitrogen and oxygen atoms in total. The zero-order valence-corrected chi connectivity index (χ0v) is 17.4. The van der Waals surface area contributed by atoms with Crippen LogP contribution in [0.4, 0.5) is 10.5 Å². The molecule has 0 saturated heterocycles. The van der Waals surface area contributed by atoms with Gasteiger partial charge in [-0.3, -0.25) is 4.79 Å². The van der Waals surface area contributed by atoms with E-state index in [1.165, 1.54) is 4.90 Å². The summed E-state index contributed by atoms with van der Waals surface area (Å²) in [6, 6.07) is 12.7. The number of nitrogens with one attached hydrogen (secondary N) is 2. The van der Waals surface area contributed by atoms with Crippen LogP contribution in [0.5, 0.6) is 5.75 Å². The van der Waals surface area contributed by atoms with Crippen molar-refractivity contribution in [2.45, 2.75) is 32.7 Å². The summed E-state index contributed by atoms with van der Waals surface area (Å²) in [6.45, 7) is 6.64. The van der Waals surface area contributed by atoms with Crippen LogP contribution in [-0.4, -0.2) is 38.0 Å². The van der Waals surface area contributed by atoms with Gasteiger partial charge < -0.3 is 20.3 Å². The van der Waals surface area contributed by atoms with Gasteiger partial charge in [0.25, 0.3) is 5.91 Å². The third kappa shape index (κ3) is 5.49. The first kappa shape index (κ1) is 21.3.